The van der Waals surface area contributed by atoms with Crippen LogP contribution in [0.1, 0.15) is 25.0 Å². The zero-order valence-corrected chi connectivity index (χ0v) is 15.7. The molecule has 0 aliphatic carbocycles. The highest BCUT2D eigenvalue weighted by Gasteiger charge is 2.11. The molecule has 0 unspecified atom stereocenters. The lowest BCUT2D eigenvalue weighted by Crippen LogP contribution is -2.34. The lowest BCUT2D eigenvalue weighted by molar-refractivity contribution is -0.133. The van der Waals surface area contributed by atoms with Gasteiger partial charge in [-0.25, -0.2) is 0 Å². The van der Waals surface area contributed by atoms with Gasteiger partial charge in [0.1, 0.15) is 5.75 Å². The molecule has 0 radical (unpaired) electrons. The van der Waals surface area contributed by atoms with Gasteiger partial charge in [-0.1, -0.05) is 24.3 Å². The van der Waals surface area contributed by atoms with E-state index in [9.17, 15) is 9.59 Å². The number of carbonyl (C=O) groups excluding carboxylic acids is 2. The number of carbonyl (C=O) groups is 2. The topological polar surface area (TPSA) is 71.5 Å². The summed E-state index contributed by atoms with van der Waals surface area (Å²) >= 11 is 0. The molecule has 1 aromatic carbocycles. The van der Waals surface area contributed by atoms with Crippen molar-refractivity contribution in [2.75, 3.05) is 19.7 Å². The summed E-state index contributed by atoms with van der Waals surface area (Å²) in [6.07, 6.45) is 6.52. The van der Waals surface area contributed by atoms with Crippen LogP contribution in [0.5, 0.6) is 5.75 Å². The standard InChI is InChI=1S/C21H25N3O3/c1-3-24(4-2)21(26)16-27-19-10-6-5-9-18(19)11-12-20(25)23-15-17-8-7-13-22-14-17/h5-14H,3-4,15-16H2,1-2H3,(H,23,25). The summed E-state index contributed by atoms with van der Waals surface area (Å²) in [7, 11) is 0. The van der Waals surface area contributed by atoms with Crippen molar-refractivity contribution in [1.82, 2.24) is 15.2 Å². The minimum Gasteiger partial charge on any atom is -0.483 e. The van der Waals surface area contributed by atoms with Crippen LogP contribution < -0.4 is 10.1 Å². The molecule has 142 valence electrons. The van der Waals surface area contributed by atoms with Gasteiger partial charge in [0, 0.05) is 43.7 Å². The zero-order valence-electron chi connectivity index (χ0n) is 15.7. The van der Waals surface area contributed by atoms with E-state index in [0.717, 1.165) is 11.1 Å². The Balaban J connectivity index is 1.93. The van der Waals surface area contributed by atoms with Crippen LogP contribution in [-0.2, 0) is 16.1 Å². The third-order valence-electron chi connectivity index (χ3n) is 3.99. The number of hydrogen-bond acceptors (Lipinski definition) is 4. The molecule has 1 heterocycles. The van der Waals surface area contributed by atoms with Gasteiger partial charge in [-0.05, 0) is 37.6 Å². The molecule has 2 aromatic rings. The van der Waals surface area contributed by atoms with Crippen molar-refractivity contribution in [3.05, 3.63) is 66.0 Å². The maximum absolute atomic E-state index is 12.1. The number of benzene rings is 1. The van der Waals surface area contributed by atoms with E-state index in [0.29, 0.717) is 25.4 Å². The minimum absolute atomic E-state index is 0.0280. The zero-order chi connectivity index (χ0) is 19.5. The van der Waals surface area contributed by atoms with E-state index in [4.69, 9.17) is 4.74 Å². The van der Waals surface area contributed by atoms with Crippen LogP contribution >= 0.6 is 0 Å². The second-order valence-electron chi connectivity index (χ2n) is 5.80. The third-order valence-corrected chi connectivity index (χ3v) is 3.99. The first-order valence-corrected chi connectivity index (χ1v) is 8.98. The van der Waals surface area contributed by atoms with Gasteiger partial charge in [-0.3, -0.25) is 14.6 Å². The molecule has 6 heteroatoms. The van der Waals surface area contributed by atoms with Gasteiger partial charge in [0.15, 0.2) is 6.61 Å². The summed E-state index contributed by atoms with van der Waals surface area (Å²) in [6, 6.07) is 11.0. The quantitative estimate of drug-likeness (QED) is 0.692. The lowest BCUT2D eigenvalue weighted by atomic mass is 10.2. The highest BCUT2D eigenvalue weighted by molar-refractivity contribution is 5.92. The predicted octanol–water partition coefficient (Wildman–Crippen LogP) is 2.66. The second-order valence-corrected chi connectivity index (χ2v) is 5.80. The van der Waals surface area contributed by atoms with Gasteiger partial charge in [0.25, 0.3) is 5.91 Å². The van der Waals surface area contributed by atoms with E-state index in [1.807, 2.05) is 44.2 Å². The molecule has 0 bridgehead atoms. The number of hydrogen-bond donors (Lipinski definition) is 1. The summed E-state index contributed by atoms with van der Waals surface area (Å²) in [5.41, 5.74) is 1.67. The Labute approximate surface area is 159 Å². The Morgan fingerprint density at radius 1 is 1.15 bits per heavy atom. The van der Waals surface area contributed by atoms with Crippen LogP contribution in [-0.4, -0.2) is 41.4 Å². The molecule has 0 saturated heterocycles. The van der Waals surface area contributed by atoms with Crippen molar-refractivity contribution >= 4 is 17.9 Å². The highest BCUT2D eigenvalue weighted by atomic mass is 16.5. The first-order valence-electron chi connectivity index (χ1n) is 8.98. The van der Waals surface area contributed by atoms with Crippen molar-refractivity contribution in [3.8, 4) is 5.75 Å². The van der Waals surface area contributed by atoms with E-state index >= 15 is 0 Å². The Hall–Kier alpha value is -3.15. The number of aromatic nitrogens is 1. The molecule has 0 aliphatic heterocycles. The van der Waals surface area contributed by atoms with Crippen molar-refractivity contribution in [2.24, 2.45) is 0 Å². The van der Waals surface area contributed by atoms with E-state index in [-0.39, 0.29) is 18.4 Å². The summed E-state index contributed by atoms with van der Waals surface area (Å²) in [5, 5.41) is 2.80. The first-order chi connectivity index (χ1) is 13.1. The molecule has 27 heavy (non-hydrogen) atoms. The Morgan fingerprint density at radius 2 is 1.93 bits per heavy atom. The van der Waals surface area contributed by atoms with Crippen molar-refractivity contribution < 1.29 is 14.3 Å². The molecule has 1 aromatic heterocycles. The average molecular weight is 367 g/mol. The van der Waals surface area contributed by atoms with Gasteiger partial charge in [0.2, 0.25) is 5.91 Å². The Kier molecular flexibility index (Phi) is 8.03. The molecule has 6 nitrogen and oxygen atoms in total. The normalized spacial score (nSPS) is 10.6. The van der Waals surface area contributed by atoms with Crippen LogP contribution in [0.2, 0.25) is 0 Å². The maximum Gasteiger partial charge on any atom is 0.260 e. The van der Waals surface area contributed by atoms with E-state index in [1.54, 1.807) is 29.4 Å². The average Bonchev–Trinajstić information content (AvgIpc) is 2.71. The van der Waals surface area contributed by atoms with Gasteiger partial charge in [-0.2, -0.15) is 0 Å². The van der Waals surface area contributed by atoms with Crippen LogP contribution in [0.25, 0.3) is 6.08 Å². The molecule has 2 amide bonds. The fourth-order valence-corrected chi connectivity index (χ4v) is 2.47. The number of rotatable bonds is 9. The Bertz CT molecular complexity index is 771. The molecular weight excluding hydrogens is 342 g/mol. The van der Waals surface area contributed by atoms with Gasteiger partial charge in [-0.15, -0.1) is 0 Å². The van der Waals surface area contributed by atoms with E-state index in [2.05, 4.69) is 10.3 Å². The number of ether oxygens (including phenoxy) is 1. The fraction of sp³-hybridized carbons (Fsp3) is 0.286. The molecule has 0 saturated carbocycles. The van der Waals surface area contributed by atoms with Crippen LogP contribution in [0, 0.1) is 0 Å². The number of likely N-dealkylation sites (N-methyl/N-ethyl adjacent to an activating group) is 1. The smallest absolute Gasteiger partial charge is 0.260 e. The summed E-state index contributed by atoms with van der Waals surface area (Å²) in [6.45, 7) is 5.55. The maximum atomic E-state index is 12.1. The van der Waals surface area contributed by atoms with Crippen LogP contribution in [0.3, 0.4) is 0 Å². The second kappa shape index (κ2) is 10.8. The highest BCUT2D eigenvalue weighted by Crippen LogP contribution is 2.19. The number of amides is 2. The molecular formula is C21H25N3O3. The first kappa shape index (κ1) is 20.2. The van der Waals surface area contributed by atoms with Crippen LogP contribution in [0.4, 0.5) is 0 Å². The van der Waals surface area contributed by atoms with Crippen molar-refractivity contribution in [1.29, 1.82) is 0 Å². The monoisotopic (exact) mass is 367 g/mol. The molecule has 0 atom stereocenters. The largest absolute Gasteiger partial charge is 0.483 e. The summed E-state index contributed by atoms with van der Waals surface area (Å²) in [5.74, 6) is 0.287. The number of nitrogens with one attached hydrogen (secondary N) is 1. The number of nitrogens with zero attached hydrogens (tertiary/aromatic N) is 2. The van der Waals surface area contributed by atoms with Crippen molar-refractivity contribution in [3.63, 3.8) is 0 Å². The number of pyridine rings is 1. The van der Waals surface area contributed by atoms with Gasteiger partial charge < -0.3 is 15.0 Å². The van der Waals surface area contributed by atoms with Crippen molar-refractivity contribution in [2.45, 2.75) is 20.4 Å². The molecule has 1 N–H and O–H groups in total. The van der Waals surface area contributed by atoms with Gasteiger partial charge in [0.05, 0.1) is 0 Å². The molecule has 0 fully saturated rings. The number of para-hydroxylation sites is 1. The SMILES string of the molecule is CCN(CC)C(=O)COc1ccccc1C=CC(=O)NCc1cccnc1. The summed E-state index contributed by atoms with van der Waals surface area (Å²) in [4.78, 5) is 29.8. The molecule has 2 rings (SSSR count). The van der Waals surface area contributed by atoms with Crippen LogP contribution in [0.15, 0.2) is 54.9 Å². The van der Waals surface area contributed by atoms with E-state index < -0.39 is 0 Å². The lowest BCUT2D eigenvalue weighted by Gasteiger charge is -2.19. The minimum atomic E-state index is -0.215. The summed E-state index contributed by atoms with van der Waals surface area (Å²) < 4.78 is 5.66. The predicted molar refractivity (Wildman–Crippen MR) is 105 cm³/mol. The van der Waals surface area contributed by atoms with E-state index in [1.165, 1.54) is 6.08 Å². The molecule has 0 spiro atoms. The molecule has 0 aliphatic rings. The Morgan fingerprint density at radius 3 is 2.63 bits per heavy atom. The third kappa shape index (κ3) is 6.58. The van der Waals surface area contributed by atoms with Gasteiger partial charge >= 0.3 is 0 Å². The fourth-order valence-electron chi connectivity index (χ4n) is 2.47.